The number of hydrogen-bond donors (Lipinski definition) is 1. The first-order valence-corrected chi connectivity index (χ1v) is 7.55. The number of nitrogens with zero attached hydrogens (tertiary/aromatic N) is 1. The molecule has 2 rings (SSSR count). The van der Waals surface area contributed by atoms with Crippen molar-refractivity contribution in [1.82, 2.24) is 4.57 Å². The first kappa shape index (κ1) is 15.5. The van der Waals surface area contributed by atoms with Gasteiger partial charge in [0.25, 0.3) is 5.56 Å². The highest BCUT2D eigenvalue weighted by atomic mass is 79.9. The van der Waals surface area contributed by atoms with Gasteiger partial charge in [0.05, 0.1) is 4.47 Å². The van der Waals surface area contributed by atoms with Gasteiger partial charge < -0.3 is 9.88 Å². The normalized spacial score (nSPS) is 10.4. The van der Waals surface area contributed by atoms with Crippen LogP contribution in [0.25, 0.3) is 0 Å². The van der Waals surface area contributed by atoms with E-state index in [1.165, 1.54) is 4.57 Å². The highest BCUT2D eigenvalue weighted by Crippen LogP contribution is 2.15. The first-order chi connectivity index (χ1) is 10.0. The topological polar surface area (TPSA) is 51.1 Å². The Bertz CT molecular complexity index is 722. The average molecular weight is 349 g/mol. The van der Waals surface area contributed by atoms with Gasteiger partial charge in [-0.15, -0.1) is 0 Å². The van der Waals surface area contributed by atoms with Gasteiger partial charge in [-0.25, -0.2) is 0 Å². The number of rotatable bonds is 4. The van der Waals surface area contributed by atoms with Crippen LogP contribution in [-0.4, -0.2) is 10.5 Å². The molecule has 0 saturated carbocycles. The van der Waals surface area contributed by atoms with Gasteiger partial charge in [0.15, 0.2) is 0 Å². The largest absolute Gasteiger partial charge is 0.324 e. The minimum absolute atomic E-state index is 0.00282. The molecule has 0 atom stereocenters. The fourth-order valence-electron chi connectivity index (χ4n) is 2.15. The molecule has 0 saturated heterocycles. The molecule has 0 aliphatic carbocycles. The Morgan fingerprint density at radius 3 is 2.76 bits per heavy atom. The molecule has 5 heteroatoms. The van der Waals surface area contributed by atoms with Crippen LogP contribution >= 0.6 is 15.9 Å². The van der Waals surface area contributed by atoms with Crippen molar-refractivity contribution in [1.29, 1.82) is 0 Å². The number of nitrogens with one attached hydrogen (secondary N) is 1. The highest BCUT2D eigenvalue weighted by molar-refractivity contribution is 9.10. The van der Waals surface area contributed by atoms with E-state index >= 15 is 0 Å². The Balaban J connectivity index is 2.18. The van der Waals surface area contributed by atoms with Crippen LogP contribution in [0.3, 0.4) is 0 Å². The molecule has 0 unspecified atom stereocenters. The van der Waals surface area contributed by atoms with E-state index in [9.17, 15) is 9.59 Å². The minimum Gasteiger partial charge on any atom is -0.324 e. The van der Waals surface area contributed by atoms with Crippen molar-refractivity contribution in [3.05, 3.63) is 62.5 Å². The Labute approximate surface area is 131 Å². The summed E-state index contributed by atoms with van der Waals surface area (Å²) in [4.78, 5) is 24.1. The van der Waals surface area contributed by atoms with Gasteiger partial charge in [0.2, 0.25) is 5.91 Å². The quantitative estimate of drug-likeness (QED) is 0.922. The van der Waals surface area contributed by atoms with Crippen LogP contribution in [0.2, 0.25) is 0 Å². The third kappa shape index (κ3) is 3.82. The van der Waals surface area contributed by atoms with E-state index in [-0.39, 0.29) is 18.0 Å². The molecule has 1 aromatic carbocycles. The number of halogens is 1. The van der Waals surface area contributed by atoms with E-state index in [2.05, 4.69) is 21.2 Å². The second kappa shape index (κ2) is 6.72. The number of carbonyl (C=O) groups is 1. The molecule has 0 aliphatic rings. The molecule has 21 heavy (non-hydrogen) atoms. The lowest BCUT2D eigenvalue weighted by atomic mass is 10.1. The molecule has 1 heterocycles. The summed E-state index contributed by atoms with van der Waals surface area (Å²) in [6.07, 6.45) is 2.52. The van der Waals surface area contributed by atoms with E-state index < -0.39 is 0 Å². The molecule has 1 amide bonds. The number of hydrogen-bond acceptors (Lipinski definition) is 2. The molecular formula is C16H17BrN2O2. The van der Waals surface area contributed by atoms with Gasteiger partial charge in [-0.2, -0.15) is 0 Å². The highest BCUT2D eigenvalue weighted by Gasteiger charge is 2.09. The van der Waals surface area contributed by atoms with Gasteiger partial charge in [-0.3, -0.25) is 9.59 Å². The number of para-hydroxylation sites is 1. The van der Waals surface area contributed by atoms with Crippen molar-refractivity contribution in [3.63, 3.8) is 0 Å². The monoisotopic (exact) mass is 348 g/mol. The second-order valence-corrected chi connectivity index (χ2v) is 5.71. The summed E-state index contributed by atoms with van der Waals surface area (Å²) in [5, 5.41) is 2.86. The molecule has 0 fully saturated rings. The van der Waals surface area contributed by atoms with Crippen LogP contribution in [0.4, 0.5) is 5.69 Å². The predicted octanol–water partition coefficient (Wildman–Crippen LogP) is 3.12. The van der Waals surface area contributed by atoms with E-state index in [0.29, 0.717) is 4.47 Å². The standard InChI is InChI=1S/C16H17BrN2O2/c1-3-12-6-4-5-7-14(12)18-15(20)10-19-9-11(2)8-13(17)16(19)21/h4-9H,3,10H2,1-2H3,(H,18,20). The van der Waals surface area contributed by atoms with Gasteiger partial charge >= 0.3 is 0 Å². The van der Waals surface area contributed by atoms with Crippen molar-refractivity contribution < 1.29 is 4.79 Å². The zero-order valence-electron chi connectivity index (χ0n) is 12.0. The van der Waals surface area contributed by atoms with E-state index in [1.54, 1.807) is 12.3 Å². The molecular weight excluding hydrogens is 332 g/mol. The lowest BCUT2D eigenvalue weighted by Crippen LogP contribution is -2.28. The Morgan fingerprint density at radius 1 is 1.33 bits per heavy atom. The molecule has 0 radical (unpaired) electrons. The number of aromatic nitrogens is 1. The SMILES string of the molecule is CCc1ccccc1NC(=O)Cn1cc(C)cc(Br)c1=O. The summed E-state index contributed by atoms with van der Waals surface area (Å²) in [6.45, 7) is 3.91. The molecule has 110 valence electrons. The Kier molecular flexibility index (Phi) is 4.96. The van der Waals surface area contributed by atoms with Crippen molar-refractivity contribution in [3.8, 4) is 0 Å². The number of aryl methyl sites for hydroxylation is 2. The smallest absolute Gasteiger partial charge is 0.265 e. The van der Waals surface area contributed by atoms with Crippen LogP contribution in [0.5, 0.6) is 0 Å². The fraction of sp³-hybridized carbons (Fsp3) is 0.250. The first-order valence-electron chi connectivity index (χ1n) is 6.75. The maximum absolute atomic E-state index is 12.1. The van der Waals surface area contributed by atoms with Crippen molar-refractivity contribution in [2.24, 2.45) is 0 Å². The van der Waals surface area contributed by atoms with Gasteiger partial charge in [0, 0.05) is 11.9 Å². The summed E-state index contributed by atoms with van der Waals surface area (Å²) < 4.78 is 1.87. The molecule has 1 N–H and O–H groups in total. The van der Waals surface area contributed by atoms with Gasteiger partial charge in [-0.1, -0.05) is 25.1 Å². The second-order valence-electron chi connectivity index (χ2n) is 4.86. The number of carbonyl (C=O) groups excluding carboxylic acids is 1. The van der Waals surface area contributed by atoms with E-state index in [4.69, 9.17) is 0 Å². The Morgan fingerprint density at radius 2 is 2.05 bits per heavy atom. The number of amides is 1. The van der Waals surface area contributed by atoms with Gasteiger partial charge in [-0.05, 0) is 52.5 Å². The zero-order valence-corrected chi connectivity index (χ0v) is 13.6. The van der Waals surface area contributed by atoms with Crippen LogP contribution in [0, 0.1) is 6.92 Å². The lowest BCUT2D eigenvalue weighted by Gasteiger charge is -2.11. The number of anilines is 1. The molecule has 4 nitrogen and oxygen atoms in total. The van der Waals surface area contributed by atoms with E-state index in [0.717, 1.165) is 23.2 Å². The average Bonchev–Trinajstić information content (AvgIpc) is 2.44. The van der Waals surface area contributed by atoms with Crippen LogP contribution in [0.15, 0.2) is 45.8 Å². The molecule has 0 spiro atoms. The number of pyridine rings is 1. The van der Waals surface area contributed by atoms with Crippen LogP contribution in [0.1, 0.15) is 18.1 Å². The molecule has 1 aromatic heterocycles. The van der Waals surface area contributed by atoms with Crippen molar-refractivity contribution >= 4 is 27.5 Å². The van der Waals surface area contributed by atoms with Crippen LogP contribution < -0.4 is 10.9 Å². The third-order valence-electron chi connectivity index (χ3n) is 3.17. The molecule has 0 aliphatic heterocycles. The lowest BCUT2D eigenvalue weighted by molar-refractivity contribution is -0.116. The zero-order chi connectivity index (χ0) is 15.4. The third-order valence-corrected chi connectivity index (χ3v) is 3.73. The van der Waals surface area contributed by atoms with Crippen molar-refractivity contribution in [2.75, 3.05) is 5.32 Å². The van der Waals surface area contributed by atoms with Crippen LogP contribution in [-0.2, 0) is 17.8 Å². The molecule has 2 aromatic rings. The minimum atomic E-state index is -0.212. The molecule has 0 bridgehead atoms. The predicted molar refractivity (Wildman–Crippen MR) is 87.6 cm³/mol. The maximum Gasteiger partial charge on any atom is 0.265 e. The summed E-state index contributed by atoms with van der Waals surface area (Å²) in [7, 11) is 0. The number of benzene rings is 1. The van der Waals surface area contributed by atoms with E-state index in [1.807, 2.05) is 38.1 Å². The maximum atomic E-state index is 12.1. The fourth-order valence-corrected chi connectivity index (χ4v) is 2.74. The Hall–Kier alpha value is -1.88. The summed E-state index contributed by atoms with van der Waals surface area (Å²) in [6, 6.07) is 9.40. The summed E-state index contributed by atoms with van der Waals surface area (Å²) in [5.74, 6) is -0.212. The van der Waals surface area contributed by atoms with Crippen molar-refractivity contribution in [2.45, 2.75) is 26.8 Å². The summed E-state index contributed by atoms with van der Waals surface area (Å²) >= 11 is 3.21. The van der Waals surface area contributed by atoms with Gasteiger partial charge in [0.1, 0.15) is 6.54 Å². The summed E-state index contributed by atoms with van der Waals surface area (Å²) in [5.41, 5.74) is 2.58.